The molecule has 0 saturated heterocycles. The summed E-state index contributed by atoms with van der Waals surface area (Å²) in [4.78, 5) is 16.9. The van der Waals surface area contributed by atoms with E-state index in [1.165, 1.54) is 16.9 Å². The summed E-state index contributed by atoms with van der Waals surface area (Å²) in [5, 5.41) is 3.49. The fraction of sp³-hybridized carbons (Fsp3) is 0.300. The van der Waals surface area contributed by atoms with Crippen molar-refractivity contribution in [2.24, 2.45) is 0 Å². The van der Waals surface area contributed by atoms with Crippen molar-refractivity contribution in [3.8, 4) is 5.75 Å². The van der Waals surface area contributed by atoms with Crippen molar-refractivity contribution in [3.05, 3.63) is 53.1 Å². The fourth-order valence-corrected chi connectivity index (χ4v) is 3.32. The second-order valence-electron chi connectivity index (χ2n) is 6.10. The van der Waals surface area contributed by atoms with Gasteiger partial charge in [-0.15, -0.1) is 0 Å². The van der Waals surface area contributed by atoms with Crippen LogP contribution in [0.3, 0.4) is 0 Å². The largest absolute Gasteiger partial charge is 0.494 e. The van der Waals surface area contributed by atoms with E-state index in [1.54, 1.807) is 0 Å². The molecule has 0 aliphatic heterocycles. The highest BCUT2D eigenvalue weighted by Gasteiger charge is 2.11. The van der Waals surface area contributed by atoms with Crippen LogP contribution in [0.25, 0.3) is 10.2 Å². The van der Waals surface area contributed by atoms with Crippen LogP contribution in [0.2, 0.25) is 0 Å². The van der Waals surface area contributed by atoms with E-state index in [2.05, 4.69) is 17.2 Å². The molecule has 1 amide bonds. The molecule has 0 aliphatic rings. The summed E-state index contributed by atoms with van der Waals surface area (Å²) in [5.41, 5.74) is 3.78. The molecule has 0 fully saturated rings. The second-order valence-corrected chi connectivity index (χ2v) is 7.13. The first kappa shape index (κ1) is 17.4. The zero-order chi connectivity index (χ0) is 17.8. The molecule has 0 bridgehead atoms. The third kappa shape index (κ3) is 4.17. The zero-order valence-corrected chi connectivity index (χ0v) is 15.6. The number of ether oxygens (including phenoxy) is 1. The molecular weight excluding hydrogens is 332 g/mol. The van der Waals surface area contributed by atoms with Crippen LogP contribution in [0.5, 0.6) is 5.75 Å². The van der Waals surface area contributed by atoms with Crippen molar-refractivity contribution < 1.29 is 9.53 Å². The number of nitrogens with zero attached hydrogens (tertiary/aromatic N) is 1. The Morgan fingerprint density at radius 1 is 1.16 bits per heavy atom. The van der Waals surface area contributed by atoms with Crippen LogP contribution in [0.15, 0.2) is 36.4 Å². The minimum Gasteiger partial charge on any atom is -0.494 e. The molecule has 0 unspecified atom stereocenters. The Labute approximate surface area is 151 Å². The van der Waals surface area contributed by atoms with Gasteiger partial charge in [-0.25, -0.2) is 4.98 Å². The number of nitrogens with one attached hydrogen (secondary N) is 1. The molecule has 0 saturated carbocycles. The Morgan fingerprint density at radius 2 is 2.00 bits per heavy atom. The van der Waals surface area contributed by atoms with Gasteiger partial charge in [-0.05, 0) is 61.7 Å². The van der Waals surface area contributed by atoms with Crippen molar-refractivity contribution in [2.45, 2.75) is 33.6 Å². The number of hydrogen-bond donors (Lipinski definition) is 1. The van der Waals surface area contributed by atoms with Gasteiger partial charge in [0, 0.05) is 5.56 Å². The smallest absolute Gasteiger partial charge is 0.257 e. The van der Waals surface area contributed by atoms with Gasteiger partial charge < -0.3 is 4.74 Å². The van der Waals surface area contributed by atoms with E-state index in [9.17, 15) is 4.79 Å². The minimum absolute atomic E-state index is 0.137. The van der Waals surface area contributed by atoms with Crippen LogP contribution >= 0.6 is 11.3 Å². The SMILES string of the molecule is CCCCOc1ccc2nc(NC(=O)c3ccc(C)c(C)c3)sc2c1. The Morgan fingerprint density at radius 3 is 2.76 bits per heavy atom. The van der Waals surface area contributed by atoms with Crippen LogP contribution in [-0.2, 0) is 0 Å². The predicted molar refractivity (Wildman–Crippen MR) is 104 cm³/mol. The Balaban J connectivity index is 1.74. The number of carbonyl (C=O) groups excluding carboxylic acids is 1. The third-order valence-electron chi connectivity index (χ3n) is 4.12. The van der Waals surface area contributed by atoms with E-state index in [0.29, 0.717) is 10.7 Å². The lowest BCUT2D eigenvalue weighted by molar-refractivity contribution is 0.102. The highest BCUT2D eigenvalue weighted by atomic mass is 32.1. The van der Waals surface area contributed by atoms with Crippen molar-refractivity contribution in [1.29, 1.82) is 0 Å². The molecule has 1 heterocycles. The number of thiazole rings is 1. The van der Waals surface area contributed by atoms with Gasteiger partial charge in [0.1, 0.15) is 5.75 Å². The minimum atomic E-state index is -0.137. The number of benzene rings is 2. The maximum absolute atomic E-state index is 12.4. The molecule has 3 rings (SSSR count). The van der Waals surface area contributed by atoms with Crippen LogP contribution < -0.4 is 10.1 Å². The highest BCUT2D eigenvalue weighted by molar-refractivity contribution is 7.22. The van der Waals surface area contributed by atoms with Crippen molar-refractivity contribution in [2.75, 3.05) is 11.9 Å². The van der Waals surface area contributed by atoms with Gasteiger partial charge >= 0.3 is 0 Å². The van der Waals surface area contributed by atoms with E-state index in [-0.39, 0.29) is 5.91 Å². The molecule has 2 aromatic carbocycles. The monoisotopic (exact) mass is 354 g/mol. The summed E-state index contributed by atoms with van der Waals surface area (Å²) in [5.74, 6) is 0.707. The average Bonchev–Trinajstić information content (AvgIpc) is 2.99. The number of fused-ring (bicyclic) bond motifs is 1. The summed E-state index contributed by atoms with van der Waals surface area (Å²) in [6, 6.07) is 11.5. The molecule has 0 aliphatic carbocycles. The van der Waals surface area contributed by atoms with Crippen LogP contribution in [-0.4, -0.2) is 17.5 Å². The number of anilines is 1. The topological polar surface area (TPSA) is 51.2 Å². The van der Waals surface area contributed by atoms with E-state index in [0.717, 1.165) is 41.0 Å². The van der Waals surface area contributed by atoms with Gasteiger partial charge in [0.15, 0.2) is 5.13 Å². The van der Waals surface area contributed by atoms with Crippen LogP contribution in [0.4, 0.5) is 5.13 Å². The Kier molecular flexibility index (Phi) is 5.34. The second kappa shape index (κ2) is 7.66. The lowest BCUT2D eigenvalue weighted by atomic mass is 10.1. The Bertz CT molecular complexity index is 902. The predicted octanol–water partition coefficient (Wildman–Crippen LogP) is 5.34. The number of unbranched alkanes of at least 4 members (excludes halogenated alkanes) is 1. The first-order valence-corrected chi connectivity index (χ1v) is 9.30. The lowest BCUT2D eigenvalue weighted by Gasteiger charge is -2.04. The van der Waals surface area contributed by atoms with Gasteiger partial charge in [-0.1, -0.05) is 30.7 Å². The number of aryl methyl sites for hydroxylation is 2. The van der Waals surface area contributed by atoms with Gasteiger partial charge in [0.25, 0.3) is 5.91 Å². The van der Waals surface area contributed by atoms with Crippen LogP contribution in [0.1, 0.15) is 41.3 Å². The average molecular weight is 354 g/mol. The summed E-state index contributed by atoms with van der Waals surface area (Å²) in [6.07, 6.45) is 2.15. The highest BCUT2D eigenvalue weighted by Crippen LogP contribution is 2.29. The zero-order valence-electron chi connectivity index (χ0n) is 14.8. The summed E-state index contributed by atoms with van der Waals surface area (Å²) in [6.45, 7) is 6.89. The first-order valence-electron chi connectivity index (χ1n) is 8.49. The molecule has 5 heteroatoms. The molecule has 0 atom stereocenters. The summed E-state index contributed by atoms with van der Waals surface area (Å²) < 4.78 is 6.73. The summed E-state index contributed by atoms with van der Waals surface area (Å²) >= 11 is 1.46. The summed E-state index contributed by atoms with van der Waals surface area (Å²) in [7, 11) is 0. The molecular formula is C20H22N2O2S. The van der Waals surface area contributed by atoms with E-state index >= 15 is 0 Å². The molecule has 1 aromatic heterocycles. The Hall–Kier alpha value is -2.40. The first-order chi connectivity index (χ1) is 12.1. The van der Waals surface area contributed by atoms with E-state index < -0.39 is 0 Å². The molecule has 130 valence electrons. The van der Waals surface area contributed by atoms with Gasteiger partial charge in [0.05, 0.1) is 16.8 Å². The molecule has 0 spiro atoms. The maximum atomic E-state index is 12.4. The molecule has 1 N–H and O–H groups in total. The number of hydrogen-bond acceptors (Lipinski definition) is 4. The number of amides is 1. The number of rotatable bonds is 6. The van der Waals surface area contributed by atoms with Crippen molar-refractivity contribution >= 4 is 32.6 Å². The lowest BCUT2D eigenvalue weighted by Crippen LogP contribution is -2.11. The van der Waals surface area contributed by atoms with Gasteiger partial charge in [-0.2, -0.15) is 0 Å². The standard InChI is InChI=1S/C20H22N2O2S/c1-4-5-10-24-16-8-9-17-18(12-16)25-20(21-17)22-19(23)15-7-6-13(2)14(3)11-15/h6-9,11-12H,4-5,10H2,1-3H3,(H,21,22,23). The maximum Gasteiger partial charge on any atom is 0.257 e. The number of aromatic nitrogens is 1. The fourth-order valence-electron chi connectivity index (χ4n) is 2.43. The van der Waals surface area contributed by atoms with Gasteiger partial charge in [-0.3, -0.25) is 10.1 Å². The quantitative estimate of drug-likeness (QED) is 0.608. The molecule has 4 nitrogen and oxygen atoms in total. The van der Waals surface area contributed by atoms with Crippen molar-refractivity contribution in [3.63, 3.8) is 0 Å². The van der Waals surface area contributed by atoms with Crippen LogP contribution in [0, 0.1) is 13.8 Å². The third-order valence-corrected chi connectivity index (χ3v) is 5.05. The van der Waals surface area contributed by atoms with Gasteiger partial charge in [0.2, 0.25) is 0 Å². The van der Waals surface area contributed by atoms with E-state index in [1.807, 2.05) is 50.2 Å². The molecule has 25 heavy (non-hydrogen) atoms. The number of carbonyl (C=O) groups is 1. The normalized spacial score (nSPS) is 10.8. The van der Waals surface area contributed by atoms with E-state index in [4.69, 9.17) is 4.74 Å². The molecule has 0 radical (unpaired) electrons. The van der Waals surface area contributed by atoms with Crippen molar-refractivity contribution in [1.82, 2.24) is 4.98 Å². The molecule has 3 aromatic rings.